The van der Waals surface area contributed by atoms with Crippen molar-refractivity contribution in [1.82, 2.24) is 14.9 Å². The molecule has 0 saturated carbocycles. The molecule has 1 aromatic heterocycles. The molecule has 1 N–H and O–H groups in total. The van der Waals surface area contributed by atoms with E-state index in [0.29, 0.717) is 23.4 Å². The Morgan fingerprint density at radius 1 is 1.45 bits per heavy atom. The zero-order valence-corrected chi connectivity index (χ0v) is 11.5. The average molecular weight is 292 g/mol. The first kappa shape index (κ1) is 14.2. The van der Waals surface area contributed by atoms with Crippen LogP contribution in [0.5, 0.6) is 0 Å². The minimum Gasteiger partial charge on any atom is -0.340 e. The number of hydrogen-bond acceptors (Lipinski definition) is 6. The minimum atomic E-state index is -3.67. The Labute approximate surface area is 116 Å². The molecule has 2 rings (SSSR count). The number of nitrogens with one attached hydrogen (secondary N) is 1. The number of nitrogens with zero attached hydrogens (tertiary/aromatic N) is 3. The van der Waals surface area contributed by atoms with Crippen molar-refractivity contribution in [2.24, 2.45) is 0 Å². The van der Waals surface area contributed by atoms with Crippen molar-refractivity contribution in [3.8, 4) is 6.07 Å². The van der Waals surface area contributed by atoms with E-state index >= 15 is 0 Å². The highest BCUT2D eigenvalue weighted by molar-refractivity contribution is 7.89. The molecule has 0 atom stereocenters. The first-order valence-corrected chi connectivity index (χ1v) is 7.27. The molecular weight excluding hydrogens is 280 g/mol. The van der Waals surface area contributed by atoms with Gasteiger partial charge in [-0.15, -0.1) is 0 Å². The second-order valence-corrected chi connectivity index (χ2v) is 5.81. The van der Waals surface area contributed by atoms with E-state index in [-0.39, 0.29) is 11.4 Å². The number of sulfonamides is 1. The van der Waals surface area contributed by atoms with Gasteiger partial charge in [0.15, 0.2) is 6.33 Å². The van der Waals surface area contributed by atoms with Crippen LogP contribution in [0.15, 0.2) is 33.9 Å². The van der Waals surface area contributed by atoms with Crippen molar-refractivity contribution in [3.05, 3.63) is 41.5 Å². The number of aryl methyl sites for hydroxylation is 1. The van der Waals surface area contributed by atoms with E-state index in [2.05, 4.69) is 14.9 Å². The molecule has 0 radical (unpaired) electrons. The van der Waals surface area contributed by atoms with Crippen LogP contribution in [-0.4, -0.2) is 25.1 Å². The molecule has 0 aliphatic rings. The van der Waals surface area contributed by atoms with Gasteiger partial charge < -0.3 is 4.52 Å². The molecule has 20 heavy (non-hydrogen) atoms. The minimum absolute atomic E-state index is 0.0991. The first-order valence-electron chi connectivity index (χ1n) is 5.79. The molecule has 8 heteroatoms. The Kier molecular flexibility index (Phi) is 4.12. The van der Waals surface area contributed by atoms with Gasteiger partial charge in [0.05, 0.1) is 16.5 Å². The summed E-state index contributed by atoms with van der Waals surface area (Å²) in [5.74, 6) is 0.357. The van der Waals surface area contributed by atoms with Crippen LogP contribution in [0.3, 0.4) is 0 Å². The predicted molar refractivity (Wildman–Crippen MR) is 69.1 cm³/mol. The Morgan fingerprint density at radius 2 is 2.25 bits per heavy atom. The lowest BCUT2D eigenvalue weighted by Crippen LogP contribution is -2.26. The fourth-order valence-corrected chi connectivity index (χ4v) is 2.94. The Morgan fingerprint density at radius 3 is 2.90 bits per heavy atom. The van der Waals surface area contributed by atoms with Gasteiger partial charge in [0, 0.05) is 13.0 Å². The van der Waals surface area contributed by atoms with Crippen molar-refractivity contribution >= 4 is 10.0 Å². The lowest BCUT2D eigenvalue weighted by molar-refractivity contribution is 0.377. The highest BCUT2D eigenvalue weighted by atomic mass is 32.2. The Balaban J connectivity index is 2.12. The van der Waals surface area contributed by atoms with Crippen molar-refractivity contribution in [1.29, 1.82) is 5.26 Å². The van der Waals surface area contributed by atoms with Crippen LogP contribution in [-0.2, 0) is 16.4 Å². The highest BCUT2D eigenvalue weighted by Crippen LogP contribution is 2.16. The summed E-state index contributed by atoms with van der Waals surface area (Å²) in [5, 5.41) is 12.3. The third-order valence-electron chi connectivity index (χ3n) is 2.64. The van der Waals surface area contributed by atoms with Crippen LogP contribution in [0.2, 0.25) is 0 Å². The lowest BCUT2D eigenvalue weighted by Gasteiger charge is -2.08. The highest BCUT2D eigenvalue weighted by Gasteiger charge is 2.17. The quantitative estimate of drug-likeness (QED) is 0.871. The summed E-state index contributed by atoms with van der Waals surface area (Å²) in [6, 6.07) is 6.45. The molecule has 1 aromatic carbocycles. The SMILES string of the molecule is Cc1ccc(C#N)cc1S(=O)(=O)NCCc1ncno1. The van der Waals surface area contributed by atoms with Crippen molar-refractivity contribution in [2.75, 3.05) is 6.54 Å². The first-order chi connectivity index (χ1) is 9.53. The summed E-state index contributed by atoms with van der Waals surface area (Å²) in [6.45, 7) is 1.81. The number of rotatable bonds is 5. The topological polar surface area (TPSA) is 109 Å². The maximum Gasteiger partial charge on any atom is 0.240 e. The van der Waals surface area contributed by atoms with Crippen LogP contribution in [0.25, 0.3) is 0 Å². The molecule has 7 nitrogen and oxygen atoms in total. The standard InChI is InChI=1S/C12H12N4O3S/c1-9-2-3-10(7-13)6-11(9)20(17,18)16-5-4-12-14-8-15-19-12/h2-3,6,8,16H,4-5H2,1H3. The van der Waals surface area contributed by atoms with Crippen molar-refractivity contribution < 1.29 is 12.9 Å². The summed E-state index contributed by atoms with van der Waals surface area (Å²) in [7, 11) is -3.67. The summed E-state index contributed by atoms with van der Waals surface area (Å²) >= 11 is 0. The van der Waals surface area contributed by atoms with Crippen molar-refractivity contribution in [3.63, 3.8) is 0 Å². The maximum absolute atomic E-state index is 12.2. The summed E-state index contributed by atoms with van der Waals surface area (Å²) in [6.07, 6.45) is 1.56. The molecule has 0 unspecified atom stereocenters. The second-order valence-electron chi connectivity index (χ2n) is 4.07. The molecule has 0 aliphatic heterocycles. The zero-order valence-electron chi connectivity index (χ0n) is 10.7. The molecule has 0 spiro atoms. The molecule has 0 fully saturated rings. The Bertz CT molecular complexity index is 733. The van der Waals surface area contributed by atoms with E-state index in [1.165, 1.54) is 12.4 Å². The van der Waals surface area contributed by atoms with E-state index in [9.17, 15) is 8.42 Å². The molecule has 0 saturated heterocycles. The largest absolute Gasteiger partial charge is 0.340 e. The van der Waals surface area contributed by atoms with Gasteiger partial charge in [-0.3, -0.25) is 0 Å². The van der Waals surface area contributed by atoms with Crippen molar-refractivity contribution in [2.45, 2.75) is 18.2 Å². The van der Waals surface area contributed by atoms with E-state index in [1.807, 2.05) is 6.07 Å². The van der Waals surface area contributed by atoms with Crippen LogP contribution in [0.4, 0.5) is 0 Å². The van der Waals surface area contributed by atoms with Gasteiger partial charge in [0.2, 0.25) is 15.9 Å². The summed E-state index contributed by atoms with van der Waals surface area (Å²) in [5.41, 5.74) is 0.877. The van der Waals surface area contributed by atoms with Gasteiger partial charge in [-0.1, -0.05) is 11.2 Å². The van der Waals surface area contributed by atoms with Crippen LogP contribution < -0.4 is 4.72 Å². The number of nitriles is 1. The number of benzene rings is 1. The third-order valence-corrected chi connectivity index (χ3v) is 4.25. The Hall–Kier alpha value is -2.24. The smallest absolute Gasteiger partial charge is 0.240 e. The molecule has 0 bridgehead atoms. The average Bonchev–Trinajstić information content (AvgIpc) is 2.92. The lowest BCUT2D eigenvalue weighted by atomic mass is 10.2. The van der Waals surface area contributed by atoms with Gasteiger partial charge in [-0.25, -0.2) is 13.1 Å². The van der Waals surface area contributed by atoms with Gasteiger partial charge in [-0.2, -0.15) is 10.2 Å². The van der Waals surface area contributed by atoms with Crippen LogP contribution >= 0.6 is 0 Å². The molecule has 1 heterocycles. The monoisotopic (exact) mass is 292 g/mol. The van der Waals surface area contributed by atoms with Gasteiger partial charge >= 0.3 is 0 Å². The number of aromatic nitrogens is 2. The van der Waals surface area contributed by atoms with E-state index in [0.717, 1.165) is 0 Å². The van der Waals surface area contributed by atoms with Gasteiger partial charge in [-0.05, 0) is 24.6 Å². The third kappa shape index (κ3) is 3.20. The fraction of sp³-hybridized carbons (Fsp3) is 0.250. The summed E-state index contributed by atoms with van der Waals surface area (Å²) in [4.78, 5) is 3.90. The van der Waals surface area contributed by atoms with E-state index < -0.39 is 10.0 Å². The van der Waals surface area contributed by atoms with Gasteiger partial charge in [0.25, 0.3) is 0 Å². The predicted octanol–water partition coefficient (Wildman–Crippen LogP) is 0.771. The zero-order chi connectivity index (χ0) is 14.6. The number of hydrogen-bond donors (Lipinski definition) is 1. The molecular formula is C12H12N4O3S. The van der Waals surface area contributed by atoms with E-state index in [1.54, 1.807) is 19.1 Å². The molecule has 0 amide bonds. The van der Waals surface area contributed by atoms with Crippen LogP contribution in [0.1, 0.15) is 17.0 Å². The van der Waals surface area contributed by atoms with Gasteiger partial charge in [0.1, 0.15) is 0 Å². The summed E-state index contributed by atoms with van der Waals surface area (Å²) < 4.78 is 31.5. The molecule has 104 valence electrons. The fourth-order valence-electron chi connectivity index (χ4n) is 1.64. The molecule has 0 aliphatic carbocycles. The maximum atomic E-state index is 12.2. The van der Waals surface area contributed by atoms with Crippen LogP contribution in [0, 0.1) is 18.3 Å². The molecule has 2 aromatic rings. The second kappa shape index (κ2) is 5.81. The van der Waals surface area contributed by atoms with E-state index in [4.69, 9.17) is 9.78 Å². The normalized spacial score (nSPS) is 11.2.